The van der Waals surface area contributed by atoms with Crippen LogP contribution in [0.1, 0.15) is 33.5 Å². The highest BCUT2D eigenvalue weighted by molar-refractivity contribution is 5.90. The van der Waals surface area contributed by atoms with Crippen LogP contribution < -0.4 is 0 Å². The lowest BCUT2D eigenvalue weighted by Crippen LogP contribution is -2.06. The summed E-state index contributed by atoms with van der Waals surface area (Å²) >= 11 is 0. The fourth-order valence-corrected chi connectivity index (χ4v) is 2.49. The van der Waals surface area contributed by atoms with Gasteiger partial charge >= 0.3 is 5.97 Å². The van der Waals surface area contributed by atoms with Gasteiger partial charge in [-0.2, -0.15) is 0 Å². The second-order valence-electron chi connectivity index (χ2n) is 5.17. The fraction of sp³-hybridized carbons (Fsp3) is 0.263. The number of carbonyl (C=O) groups is 2. The topological polar surface area (TPSA) is 43.4 Å². The number of aldehydes is 1. The summed E-state index contributed by atoms with van der Waals surface area (Å²) in [5, 5.41) is 0. The number of ether oxygens (including phenoxy) is 1. The van der Waals surface area contributed by atoms with Crippen LogP contribution in [0.25, 0.3) is 0 Å². The summed E-state index contributed by atoms with van der Waals surface area (Å²) in [7, 11) is 1.40. The Balaban J connectivity index is 2.07. The first-order valence-electron chi connectivity index (χ1n) is 7.42. The van der Waals surface area contributed by atoms with Crippen LogP contribution in [0.3, 0.4) is 0 Å². The Bertz CT molecular complexity index is 647. The molecular formula is C19H20O3. The normalized spacial score (nSPS) is 10.2. The van der Waals surface area contributed by atoms with E-state index in [0.29, 0.717) is 12.0 Å². The summed E-state index contributed by atoms with van der Waals surface area (Å²) in [4.78, 5) is 22.2. The number of rotatable bonds is 7. The standard InChI is InChI=1S/C19H20O3/c1-22-19(21)18-10-3-2-9-17(18)12-11-16-7-4-6-15(14-16)8-5-13-20/h2-4,6-7,9-10,13-14H,5,8,11-12H2,1H3. The molecule has 0 radical (unpaired) electrons. The zero-order valence-corrected chi connectivity index (χ0v) is 12.7. The van der Waals surface area contributed by atoms with Gasteiger partial charge in [-0.15, -0.1) is 0 Å². The van der Waals surface area contributed by atoms with E-state index in [4.69, 9.17) is 4.74 Å². The molecule has 22 heavy (non-hydrogen) atoms. The van der Waals surface area contributed by atoms with Crippen molar-refractivity contribution >= 4 is 12.3 Å². The highest BCUT2D eigenvalue weighted by Gasteiger charge is 2.10. The first-order chi connectivity index (χ1) is 10.7. The van der Waals surface area contributed by atoms with Crippen LogP contribution in [-0.2, 0) is 28.8 Å². The van der Waals surface area contributed by atoms with Gasteiger partial charge in [0.15, 0.2) is 0 Å². The molecule has 0 spiro atoms. The van der Waals surface area contributed by atoms with Crippen LogP contribution >= 0.6 is 0 Å². The number of hydrogen-bond donors (Lipinski definition) is 0. The maximum atomic E-state index is 11.8. The molecule has 2 aromatic rings. The molecule has 0 atom stereocenters. The molecule has 0 heterocycles. The Morgan fingerprint density at radius 1 is 1.00 bits per heavy atom. The van der Waals surface area contributed by atoms with Gasteiger partial charge in [-0.05, 0) is 42.0 Å². The predicted octanol–water partition coefficient (Wildman–Crippen LogP) is 3.39. The van der Waals surface area contributed by atoms with Gasteiger partial charge in [-0.25, -0.2) is 4.79 Å². The smallest absolute Gasteiger partial charge is 0.338 e. The minimum Gasteiger partial charge on any atom is -0.465 e. The lowest BCUT2D eigenvalue weighted by molar-refractivity contribution is -0.107. The van der Waals surface area contributed by atoms with E-state index in [1.54, 1.807) is 6.07 Å². The van der Waals surface area contributed by atoms with Crippen LogP contribution in [0, 0.1) is 0 Å². The van der Waals surface area contributed by atoms with Crippen molar-refractivity contribution in [3.8, 4) is 0 Å². The van der Waals surface area contributed by atoms with Crippen LogP contribution in [0.5, 0.6) is 0 Å². The minimum absolute atomic E-state index is 0.296. The van der Waals surface area contributed by atoms with E-state index < -0.39 is 0 Å². The molecule has 0 amide bonds. The van der Waals surface area contributed by atoms with E-state index in [1.807, 2.05) is 30.3 Å². The number of hydrogen-bond acceptors (Lipinski definition) is 3. The second kappa shape index (κ2) is 8.13. The summed E-state index contributed by atoms with van der Waals surface area (Å²) in [6, 6.07) is 15.8. The van der Waals surface area contributed by atoms with Gasteiger partial charge < -0.3 is 9.53 Å². The van der Waals surface area contributed by atoms with Crippen molar-refractivity contribution in [1.29, 1.82) is 0 Å². The van der Waals surface area contributed by atoms with Crippen molar-refractivity contribution in [2.24, 2.45) is 0 Å². The van der Waals surface area contributed by atoms with Crippen LogP contribution in [-0.4, -0.2) is 19.4 Å². The number of carbonyl (C=O) groups excluding carboxylic acids is 2. The van der Waals surface area contributed by atoms with Gasteiger partial charge in [0.2, 0.25) is 0 Å². The molecular weight excluding hydrogens is 276 g/mol. The Morgan fingerprint density at radius 2 is 1.73 bits per heavy atom. The SMILES string of the molecule is COC(=O)c1ccccc1CCc1cccc(CCC=O)c1. The van der Waals surface area contributed by atoms with Crippen molar-refractivity contribution in [1.82, 2.24) is 0 Å². The molecule has 0 fully saturated rings. The van der Waals surface area contributed by atoms with Crippen molar-refractivity contribution in [3.63, 3.8) is 0 Å². The molecule has 0 saturated carbocycles. The number of aryl methyl sites for hydroxylation is 3. The van der Waals surface area contributed by atoms with Gasteiger partial charge in [-0.1, -0.05) is 42.5 Å². The fourth-order valence-electron chi connectivity index (χ4n) is 2.49. The minimum atomic E-state index is -0.296. The maximum absolute atomic E-state index is 11.8. The summed E-state index contributed by atoms with van der Waals surface area (Å²) < 4.78 is 4.82. The Hall–Kier alpha value is -2.42. The van der Waals surface area contributed by atoms with Gasteiger partial charge in [0.25, 0.3) is 0 Å². The van der Waals surface area contributed by atoms with E-state index in [1.165, 1.54) is 18.2 Å². The van der Waals surface area contributed by atoms with E-state index >= 15 is 0 Å². The molecule has 0 aliphatic carbocycles. The van der Waals surface area contributed by atoms with Crippen LogP contribution in [0.15, 0.2) is 48.5 Å². The first kappa shape index (κ1) is 16.0. The average Bonchev–Trinajstić information content (AvgIpc) is 2.58. The molecule has 0 aliphatic rings. The summed E-state index contributed by atoms with van der Waals surface area (Å²) in [5.74, 6) is -0.296. The zero-order chi connectivity index (χ0) is 15.8. The monoisotopic (exact) mass is 296 g/mol. The lowest BCUT2D eigenvalue weighted by atomic mass is 9.98. The summed E-state index contributed by atoms with van der Waals surface area (Å²) in [6.45, 7) is 0. The third-order valence-corrected chi connectivity index (χ3v) is 3.65. The molecule has 3 heteroatoms. The highest BCUT2D eigenvalue weighted by Crippen LogP contribution is 2.15. The maximum Gasteiger partial charge on any atom is 0.338 e. The Labute approximate surface area is 130 Å². The third kappa shape index (κ3) is 4.29. The molecule has 0 bridgehead atoms. The van der Waals surface area contributed by atoms with Crippen LogP contribution in [0.4, 0.5) is 0 Å². The molecule has 0 aromatic heterocycles. The van der Waals surface area contributed by atoms with Gasteiger partial charge in [0.05, 0.1) is 12.7 Å². The Morgan fingerprint density at radius 3 is 2.45 bits per heavy atom. The van der Waals surface area contributed by atoms with Gasteiger partial charge in [0.1, 0.15) is 6.29 Å². The van der Waals surface area contributed by atoms with Crippen molar-refractivity contribution in [3.05, 3.63) is 70.8 Å². The highest BCUT2D eigenvalue weighted by atomic mass is 16.5. The number of esters is 1. The summed E-state index contributed by atoms with van der Waals surface area (Å²) in [6.07, 6.45) is 3.90. The molecule has 0 N–H and O–H groups in total. The second-order valence-corrected chi connectivity index (χ2v) is 5.17. The van der Waals surface area contributed by atoms with E-state index in [2.05, 4.69) is 12.1 Å². The third-order valence-electron chi connectivity index (χ3n) is 3.65. The van der Waals surface area contributed by atoms with E-state index in [0.717, 1.165) is 31.1 Å². The number of benzene rings is 2. The lowest BCUT2D eigenvalue weighted by Gasteiger charge is -2.08. The first-order valence-corrected chi connectivity index (χ1v) is 7.42. The van der Waals surface area contributed by atoms with Gasteiger partial charge in [-0.3, -0.25) is 0 Å². The van der Waals surface area contributed by atoms with Crippen molar-refractivity contribution in [2.45, 2.75) is 25.7 Å². The molecule has 0 saturated heterocycles. The molecule has 0 unspecified atom stereocenters. The molecule has 2 aromatic carbocycles. The quantitative estimate of drug-likeness (QED) is 0.581. The van der Waals surface area contributed by atoms with E-state index in [-0.39, 0.29) is 5.97 Å². The summed E-state index contributed by atoms with van der Waals surface area (Å²) in [5.41, 5.74) is 4.00. The van der Waals surface area contributed by atoms with E-state index in [9.17, 15) is 9.59 Å². The van der Waals surface area contributed by atoms with Crippen molar-refractivity contribution in [2.75, 3.05) is 7.11 Å². The zero-order valence-electron chi connectivity index (χ0n) is 12.7. The molecule has 114 valence electrons. The largest absolute Gasteiger partial charge is 0.465 e. The van der Waals surface area contributed by atoms with Crippen molar-refractivity contribution < 1.29 is 14.3 Å². The average molecular weight is 296 g/mol. The molecule has 0 aliphatic heterocycles. The molecule has 2 rings (SSSR count). The number of methoxy groups -OCH3 is 1. The van der Waals surface area contributed by atoms with Crippen LogP contribution in [0.2, 0.25) is 0 Å². The predicted molar refractivity (Wildman–Crippen MR) is 86.0 cm³/mol. The van der Waals surface area contributed by atoms with Gasteiger partial charge in [0, 0.05) is 6.42 Å². The Kier molecular flexibility index (Phi) is 5.90. The molecule has 3 nitrogen and oxygen atoms in total.